The van der Waals surface area contributed by atoms with Gasteiger partial charge in [0.1, 0.15) is 11.6 Å². The molecule has 0 aliphatic heterocycles. The Kier molecular flexibility index (Phi) is 4.74. The Labute approximate surface area is 96.8 Å². The Morgan fingerprint density at radius 1 is 1.38 bits per heavy atom. The van der Waals surface area contributed by atoms with Crippen LogP contribution in [0.15, 0.2) is 24.3 Å². The summed E-state index contributed by atoms with van der Waals surface area (Å²) in [5.74, 6) is 0.343. The van der Waals surface area contributed by atoms with Crippen molar-refractivity contribution in [1.29, 1.82) is 0 Å². The molecule has 0 saturated carbocycles. The third-order valence-corrected chi connectivity index (χ3v) is 2.69. The van der Waals surface area contributed by atoms with Crippen LogP contribution in [-0.4, -0.2) is 19.2 Å². The van der Waals surface area contributed by atoms with E-state index in [1.54, 1.807) is 12.1 Å². The molecule has 0 heterocycles. The van der Waals surface area contributed by atoms with Crippen molar-refractivity contribution in [2.24, 2.45) is 0 Å². The first-order valence-electron chi connectivity index (χ1n) is 5.61. The fourth-order valence-electron chi connectivity index (χ4n) is 1.39. The molecular formula is C13H20FNO. The standard InChI is InChI=1S/C13H20FNO/c1-13(2,15-3)8-5-9-16-12-7-4-6-11(14)10-12/h4,6-7,10,15H,5,8-9H2,1-3H3. The van der Waals surface area contributed by atoms with Gasteiger partial charge in [0.25, 0.3) is 0 Å². The number of nitrogens with one attached hydrogen (secondary N) is 1. The van der Waals surface area contributed by atoms with Gasteiger partial charge in [0.05, 0.1) is 6.61 Å². The van der Waals surface area contributed by atoms with Gasteiger partial charge in [-0.1, -0.05) is 6.07 Å². The summed E-state index contributed by atoms with van der Waals surface area (Å²) in [7, 11) is 1.95. The molecule has 16 heavy (non-hydrogen) atoms. The largest absolute Gasteiger partial charge is 0.493 e. The normalized spacial score (nSPS) is 11.5. The fraction of sp³-hybridized carbons (Fsp3) is 0.538. The maximum Gasteiger partial charge on any atom is 0.126 e. The predicted molar refractivity (Wildman–Crippen MR) is 64.3 cm³/mol. The van der Waals surface area contributed by atoms with Gasteiger partial charge in [-0.2, -0.15) is 0 Å². The van der Waals surface area contributed by atoms with Gasteiger partial charge in [-0.25, -0.2) is 4.39 Å². The zero-order chi connectivity index (χ0) is 12.0. The van der Waals surface area contributed by atoms with Crippen LogP contribution in [0.2, 0.25) is 0 Å². The highest BCUT2D eigenvalue weighted by atomic mass is 19.1. The Hall–Kier alpha value is -1.09. The molecule has 3 heteroatoms. The van der Waals surface area contributed by atoms with Crippen LogP contribution in [0, 0.1) is 5.82 Å². The lowest BCUT2D eigenvalue weighted by Crippen LogP contribution is -2.36. The van der Waals surface area contributed by atoms with E-state index >= 15 is 0 Å². The van der Waals surface area contributed by atoms with Crippen molar-refractivity contribution in [3.63, 3.8) is 0 Å². The molecule has 0 bridgehead atoms. The monoisotopic (exact) mass is 225 g/mol. The van der Waals surface area contributed by atoms with Crippen LogP contribution >= 0.6 is 0 Å². The topological polar surface area (TPSA) is 21.3 Å². The Morgan fingerprint density at radius 3 is 2.75 bits per heavy atom. The average Bonchev–Trinajstić information content (AvgIpc) is 2.25. The van der Waals surface area contributed by atoms with Crippen LogP contribution < -0.4 is 10.1 Å². The van der Waals surface area contributed by atoms with Gasteiger partial charge in [-0.15, -0.1) is 0 Å². The molecule has 90 valence electrons. The van der Waals surface area contributed by atoms with Crippen LogP contribution in [0.5, 0.6) is 5.75 Å². The van der Waals surface area contributed by atoms with Crippen molar-refractivity contribution >= 4 is 0 Å². The first-order chi connectivity index (χ1) is 7.53. The van der Waals surface area contributed by atoms with E-state index in [2.05, 4.69) is 19.2 Å². The molecule has 1 aromatic rings. The van der Waals surface area contributed by atoms with Gasteiger partial charge in [-0.05, 0) is 45.9 Å². The number of hydrogen-bond donors (Lipinski definition) is 1. The maximum absolute atomic E-state index is 12.8. The van der Waals surface area contributed by atoms with Gasteiger partial charge < -0.3 is 10.1 Å². The van der Waals surface area contributed by atoms with E-state index in [4.69, 9.17) is 4.74 Å². The van der Waals surface area contributed by atoms with E-state index < -0.39 is 0 Å². The second kappa shape index (κ2) is 5.85. The number of halogens is 1. The third-order valence-electron chi connectivity index (χ3n) is 2.69. The molecule has 1 aromatic carbocycles. The summed E-state index contributed by atoms with van der Waals surface area (Å²) in [6, 6.07) is 6.24. The van der Waals surface area contributed by atoms with Gasteiger partial charge in [0, 0.05) is 11.6 Å². The molecule has 0 aromatic heterocycles. The second-order valence-electron chi connectivity index (χ2n) is 4.54. The van der Waals surface area contributed by atoms with Crippen LogP contribution in [-0.2, 0) is 0 Å². The van der Waals surface area contributed by atoms with Crippen molar-refractivity contribution in [2.75, 3.05) is 13.7 Å². The van der Waals surface area contributed by atoms with Gasteiger partial charge in [0.15, 0.2) is 0 Å². The molecule has 0 aliphatic rings. The molecule has 0 radical (unpaired) electrons. The molecular weight excluding hydrogens is 205 g/mol. The Balaban J connectivity index is 2.26. The molecule has 0 spiro atoms. The fourth-order valence-corrected chi connectivity index (χ4v) is 1.39. The minimum Gasteiger partial charge on any atom is -0.493 e. The Morgan fingerprint density at radius 2 is 2.12 bits per heavy atom. The molecule has 0 aliphatic carbocycles. The highest BCUT2D eigenvalue weighted by Crippen LogP contribution is 2.14. The molecule has 2 nitrogen and oxygen atoms in total. The van der Waals surface area contributed by atoms with E-state index in [9.17, 15) is 4.39 Å². The van der Waals surface area contributed by atoms with Crippen molar-refractivity contribution in [2.45, 2.75) is 32.2 Å². The smallest absolute Gasteiger partial charge is 0.126 e. The minimum absolute atomic E-state index is 0.130. The zero-order valence-corrected chi connectivity index (χ0v) is 10.2. The Bertz CT molecular complexity index is 325. The van der Waals surface area contributed by atoms with Gasteiger partial charge in [0.2, 0.25) is 0 Å². The number of ether oxygens (including phenoxy) is 1. The van der Waals surface area contributed by atoms with E-state index in [0.29, 0.717) is 12.4 Å². The molecule has 0 saturated heterocycles. The summed E-state index contributed by atoms with van der Waals surface area (Å²) in [5.41, 5.74) is 0.130. The highest BCUT2D eigenvalue weighted by molar-refractivity contribution is 5.22. The van der Waals surface area contributed by atoms with Crippen molar-refractivity contribution < 1.29 is 9.13 Å². The van der Waals surface area contributed by atoms with Gasteiger partial charge >= 0.3 is 0 Å². The quantitative estimate of drug-likeness (QED) is 0.751. The molecule has 0 amide bonds. The summed E-state index contributed by atoms with van der Waals surface area (Å²) >= 11 is 0. The van der Waals surface area contributed by atoms with Crippen LogP contribution in [0.4, 0.5) is 4.39 Å². The molecule has 1 N–H and O–H groups in total. The van der Waals surface area contributed by atoms with Crippen LogP contribution in [0.25, 0.3) is 0 Å². The number of rotatable bonds is 6. The second-order valence-corrected chi connectivity index (χ2v) is 4.54. The van der Waals surface area contributed by atoms with E-state index in [0.717, 1.165) is 12.8 Å². The van der Waals surface area contributed by atoms with Crippen LogP contribution in [0.1, 0.15) is 26.7 Å². The first-order valence-corrected chi connectivity index (χ1v) is 5.61. The van der Waals surface area contributed by atoms with E-state index in [1.807, 2.05) is 7.05 Å². The summed E-state index contributed by atoms with van der Waals surface area (Å²) in [6.07, 6.45) is 1.98. The predicted octanol–water partition coefficient (Wildman–Crippen LogP) is 2.98. The summed E-state index contributed by atoms with van der Waals surface area (Å²) < 4.78 is 18.3. The lowest BCUT2D eigenvalue weighted by Gasteiger charge is -2.23. The van der Waals surface area contributed by atoms with Crippen molar-refractivity contribution in [3.8, 4) is 5.75 Å². The summed E-state index contributed by atoms with van der Waals surface area (Å²) in [5, 5.41) is 3.23. The van der Waals surface area contributed by atoms with Crippen LogP contribution in [0.3, 0.4) is 0 Å². The zero-order valence-electron chi connectivity index (χ0n) is 10.2. The lowest BCUT2D eigenvalue weighted by atomic mass is 9.99. The third kappa shape index (κ3) is 4.62. The van der Waals surface area contributed by atoms with Crippen molar-refractivity contribution in [1.82, 2.24) is 5.32 Å². The minimum atomic E-state index is -0.256. The lowest BCUT2D eigenvalue weighted by molar-refractivity contribution is 0.277. The number of hydrogen-bond acceptors (Lipinski definition) is 2. The summed E-state index contributed by atoms with van der Waals surface area (Å²) in [6.45, 7) is 4.92. The average molecular weight is 225 g/mol. The van der Waals surface area contributed by atoms with Gasteiger partial charge in [-0.3, -0.25) is 0 Å². The molecule has 0 fully saturated rings. The maximum atomic E-state index is 12.8. The number of benzene rings is 1. The van der Waals surface area contributed by atoms with E-state index in [1.165, 1.54) is 12.1 Å². The summed E-state index contributed by atoms with van der Waals surface area (Å²) in [4.78, 5) is 0. The SMILES string of the molecule is CNC(C)(C)CCCOc1cccc(F)c1. The van der Waals surface area contributed by atoms with Crippen molar-refractivity contribution in [3.05, 3.63) is 30.1 Å². The highest BCUT2D eigenvalue weighted by Gasteiger charge is 2.13. The first kappa shape index (κ1) is 13.0. The molecule has 0 atom stereocenters. The molecule has 0 unspecified atom stereocenters. The molecule has 1 rings (SSSR count). The van der Waals surface area contributed by atoms with E-state index in [-0.39, 0.29) is 11.4 Å².